The van der Waals surface area contributed by atoms with Crippen LogP contribution in [0.25, 0.3) is 50.3 Å². The number of fused-ring (bicyclic) bond motifs is 3. The molecule has 204 valence electrons. The van der Waals surface area contributed by atoms with E-state index >= 15 is 0 Å². The summed E-state index contributed by atoms with van der Waals surface area (Å²) in [6.45, 7) is 2.11. The summed E-state index contributed by atoms with van der Waals surface area (Å²) in [5.41, 5.74) is 7.73. The van der Waals surface area contributed by atoms with Gasteiger partial charge in [0.25, 0.3) is 5.56 Å². The van der Waals surface area contributed by atoms with Gasteiger partial charge in [-0.15, -0.1) is 0 Å². The average Bonchev–Trinajstić information content (AvgIpc) is 3.69. The smallest absolute Gasteiger partial charge is 0.338 e. The maximum Gasteiger partial charge on any atom is 0.338 e. The Hall–Kier alpha value is -5.27. The van der Waals surface area contributed by atoms with Crippen molar-refractivity contribution in [1.82, 2.24) is 14.0 Å². The fraction of sp³-hybridized carbons (Fsp3) is 0.0571. The Bertz CT molecular complexity index is 2180. The molecule has 3 aromatic heterocycles. The summed E-state index contributed by atoms with van der Waals surface area (Å²) < 4.78 is 9.68. The summed E-state index contributed by atoms with van der Waals surface area (Å²) in [5.74, 6) is -0.352. The molecular weight excluding hydrogens is 542 g/mol. The summed E-state index contributed by atoms with van der Waals surface area (Å²) in [6.07, 6.45) is 1.97. The lowest BCUT2D eigenvalue weighted by molar-refractivity contribution is 0.0526. The fourth-order valence-electron chi connectivity index (χ4n) is 5.34. The topological polar surface area (TPSA) is 65.6 Å². The molecule has 7 rings (SSSR count). The minimum atomic E-state index is -0.352. The van der Waals surface area contributed by atoms with Crippen LogP contribution in [0.15, 0.2) is 120 Å². The van der Waals surface area contributed by atoms with E-state index in [9.17, 15) is 9.59 Å². The number of thiazole rings is 1. The van der Waals surface area contributed by atoms with Crippen LogP contribution in [-0.2, 0) is 4.74 Å². The van der Waals surface area contributed by atoms with E-state index in [0.29, 0.717) is 21.7 Å². The Morgan fingerprint density at radius 2 is 1.52 bits per heavy atom. The molecule has 0 atom stereocenters. The maximum atomic E-state index is 13.7. The first-order valence-electron chi connectivity index (χ1n) is 13.7. The van der Waals surface area contributed by atoms with Gasteiger partial charge < -0.3 is 9.30 Å². The van der Waals surface area contributed by atoms with Gasteiger partial charge >= 0.3 is 5.97 Å². The van der Waals surface area contributed by atoms with Gasteiger partial charge in [-0.05, 0) is 66.6 Å². The van der Waals surface area contributed by atoms with Gasteiger partial charge in [-0.2, -0.15) is 0 Å². The van der Waals surface area contributed by atoms with Crippen molar-refractivity contribution in [3.8, 4) is 28.2 Å². The Labute approximate surface area is 245 Å². The van der Waals surface area contributed by atoms with Crippen molar-refractivity contribution in [2.75, 3.05) is 6.61 Å². The lowest BCUT2D eigenvalue weighted by Crippen LogP contribution is -2.22. The summed E-state index contributed by atoms with van der Waals surface area (Å²) >= 11 is 1.39. The maximum absolute atomic E-state index is 13.7. The first kappa shape index (κ1) is 25.7. The van der Waals surface area contributed by atoms with Gasteiger partial charge in [-0.3, -0.25) is 4.79 Å². The summed E-state index contributed by atoms with van der Waals surface area (Å²) in [6, 6.07) is 37.5. The normalized spacial score (nSPS) is 11.9. The van der Waals surface area contributed by atoms with Crippen LogP contribution in [0.5, 0.6) is 0 Å². The molecule has 4 aromatic carbocycles. The summed E-state index contributed by atoms with van der Waals surface area (Å²) in [5, 5.41) is 0. The molecule has 7 heteroatoms. The molecule has 0 aliphatic carbocycles. The Morgan fingerprint density at radius 1 is 0.857 bits per heavy atom. The molecule has 7 aromatic rings. The van der Waals surface area contributed by atoms with Gasteiger partial charge in [0.2, 0.25) is 0 Å². The highest BCUT2D eigenvalue weighted by Crippen LogP contribution is 2.36. The third kappa shape index (κ3) is 4.40. The lowest BCUT2D eigenvalue weighted by atomic mass is 10.1. The van der Waals surface area contributed by atoms with Crippen LogP contribution in [0.2, 0.25) is 0 Å². The minimum Gasteiger partial charge on any atom is -0.462 e. The third-order valence-corrected chi connectivity index (χ3v) is 8.18. The monoisotopic (exact) mass is 567 g/mol. The Kier molecular flexibility index (Phi) is 6.49. The molecule has 0 unspecified atom stereocenters. The molecule has 42 heavy (non-hydrogen) atoms. The highest BCUT2D eigenvalue weighted by Gasteiger charge is 2.20. The summed E-state index contributed by atoms with van der Waals surface area (Å²) in [4.78, 5) is 31.4. The number of hydrogen-bond acceptors (Lipinski definition) is 5. The van der Waals surface area contributed by atoms with Crippen molar-refractivity contribution in [3.05, 3.63) is 141 Å². The minimum absolute atomic E-state index is 0.0875. The molecule has 0 saturated carbocycles. The number of nitrogens with zero attached hydrogens (tertiary/aromatic N) is 3. The van der Waals surface area contributed by atoms with E-state index in [1.165, 1.54) is 11.3 Å². The van der Waals surface area contributed by atoms with Crippen LogP contribution in [0, 0.1) is 0 Å². The van der Waals surface area contributed by atoms with Crippen molar-refractivity contribution >= 4 is 39.4 Å². The van der Waals surface area contributed by atoms with Gasteiger partial charge in [0.1, 0.15) is 0 Å². The predicted molar refractivity (Wildman–Crippen MR) is 168 cm³/mol. The number of benzene rings is 4. The van der Waals surface area contributed by atoms with Gasteiger partial charge in [0.15, 0.2) is 4.96 Å². The Morgan fingerprint density at radius 3 is 2.24 bits per heavy atom. The zero-order valence-corrected chi connectivity index (χ0v) is 23.5. The van der Waals surface area contributed by atoms with Gasteiger partial charge in [0, 0.05) is 11.3 Å². The number of carbonyl (C=O) groups excluding carboxylic acids is 1. The molecule has 0 radical (unpaired) electrons. The van der Waals surface area contributed by atoms with E-state index in [-0.39, 0.29) is 11.5 Å². The van der Waals surface area contributed by atoms with Crippen molar-refractivity contribution in [2.24, 2.45) is 0 Å². The second-order valence-corrected chi connectivity index (χ2v) is 10.8. The average molecular weight is 568 g/mol. The van der Waals surface area contributed by atoms with E-state index in [0.717, 1.165) is 44.8 Å². The fourth-order valence-corrected chi connectivity index (χ4v) is 6.31. The van der Waals surface area contributed by atoms with Crippen molar-refractivity contribution in [3.63, 3.8) is 0 Å². The Balaban J connectivity index is 1.50. The number of rotatable bonds is 6. The molecule has 0 fully saturated rings. The number of ether oxygens (including phenoxy) is 1. The van der Waals surface area contributed by atoms with Crippen molar-refractivity contribution in [1.29, 1.82) is 0 Å². The zero-order chi connectivity index (χ0) is 28.6. The first-order valence-corrected chi connectivity index (χ1v) is 14.5. The van der Waals surface area contributed by atoms with Gasteiger partial charge in [-0.25, -0.2) is 14.2 Å². The van der Waals surface area contributed by atoms with Crippen LogP contribution >= 0.6 is 11.3 Å². The number of aromatic nitrogens is 3. The van der Waals surface area contributed by atoms with Crippen LogP contribution in [0.3, 0.4) is 0 Å². The van der Waals surface area contributed by atoms with Gasteiger partial charge in [-0.1, -0.05) is 84.1 Å². The van der Waals surface area contributed by atoms with E-state index < -0.39 is 0 Å². The molecule has 0 N–H and O–H groups in total. The zero-order valence-electron chi connectivity index (χ0n) is 22.7. The van der Waals surface area contributed by atoms with Crippen LogP contribution in [0.1, 0.15) is 22.8 Å². The molecule has 0 bridgehead atoms. The molecule has 6 nitrogen and oxygen atoms in total. The van der Waals surface area contributed by atoms with Crippen molar-refractivity contribution < 1.29 is 9.53 Å². The van der Waals surface area contributed by atoms with Crippen LogP contribution in [0.4, 0.5) is 0 Å². The highest BCUT2D eigenvalue weighted by atomic mass is 32.1. The highest BCUT2D eigenvalue weighted by molar-refractivity contribution is 7.15. The van der Waals surface area contributed by atoms with E-state index in [2.05, 4.69) is 34.9 Å². The standard InChI is InChI=1S/C35H25N3O3S/c1-2-41-34(40)25-17-19-27(20-18-25)37-30(23-11-5-3-6-12-23)21-26(32(37)24-13-7-4-8-14-24)22-31-33(39)38-29-16-10-9-15-28(29)36-35(38)42-31/h3-22H,2H2,1H3/b31-22+. The largest absolute Gasteiger partial charge is 0.462 e. The summed E-state index contributed by atoms with van der Waals surface area (Å²) in [7, 11) is 0. The van der Waals surface area contributed by atoms with Crippen LogP contribution < -0.4 is 10.1 Å². The molecular formula is C35H25N3O3S. The number of carbonyl (C=O) groups is 1. The molecule has 0 spiro atoms. The SMILES string of the molecule is CCOC(=O)c1ccc(-n2c(-c3ccccc3)cc(/C=c3/sc4nc5ccccc5n4c3=O)c2-c2ccccc2)cc1. The molecule has 0 aliphatic rings. The van der Waals surface area contributed by atoms with Crippen LogP contribution in [-0.4, -0.2) is 26.5 Å². The number of hydrogen-bond donors (Lipinski definition) is 0. The second-order valence-electron chi connectivity index (χ2n) is 9.80. The molecule has 0 saturated heterocycles. The molecule has 0 aliphatic heterocycles. The first-order chi connectivity index (χ1) is 20.6. The van der Waals surface area contributed by atoms with Crippen molar-refractivity contribution in [2.45, 2.75) is 6.92 Å². The van der Waals surface area contributed by atoms with E-state index in [1.54, 1.807) is 23.5 Å². The van der Waals surface area contributed by atoms with Gasteiger partial charge in [0.05, 0.1) is 39.1 Å². The lowest BCUT2D eigenvalue weighted by Gasteiger charge is -2.15. The number of esters is 1. The van der Waals surface area contributed by atoms with E-state index in [1.807, 2.05) is 78.9 Å². The predicted octanol–water partition coefficient (Wildman–Crippen LogP) is 6.76. The second kappa shape index (κ2) is 10.6. The number of para-hydroxylation sites is 2. The molecule has 3 heterocycles. The number of imidazole rings is 1. The van der Waals surface area contributed by atoms with E-state index in [4.69, 9.17) is 9.72 Å². The third-order valence-electron chi connectivity index (χ3n) is 7.22. The molecule has 0 amide bonds. The quantitative estimate of drug-likeness (QED) is 0.208.